The number of rotatable bonds is 7. The second-order valence-electron chi connectivity index (χ2n) is 8.64. The molecule has 196 valence electrons. The normalized spacial score (nSPS) is 14.3. The summed E-state index contributed by atoms with van der Waals surface area (Å²) in [5, 5.41) is 3.51. The molecule has 1 N–H and O–H groups in total. The van der Waals surface area contributed by atoms with Crippen molar-refractivity contribution in [2.75, 3.05) is 23.9 Å². The van der Waals surface area contributed by atoms with Crippen LogP contribution in [-0.2, 0) is 9.59 Å². The molecule has 0 atom stereocenters. The fraction of sp³-hybridized carbons (Fsp3) is 0.179. The number of hydrogen-bond acceptors (Lipinski definition) is 6. The molecule has 3 aromatic carbocycles. The van der Waals surface area contributed by atoms with E-state index in [4.69, 9.17) is 44.9 Å². The highest BCUT2D eigenvalue weighted by Gasteiger charge is 2.34. The molecule has 1 heterocycles. The van der Waals surface area contributed by atoms with Gasteiger partial charge in [0, 0.05) is 10.7 Å². The predicted octanol–water partition coefficient (Wildman–Crippen LogP) is 7.35. The Bertz CT molecular complexity index is 1490. The van der Waals surface area contributed by atoms with Crippen molar-refractivity contribution < 1.29 is 19.1 Å². The third-order valence-electron chi connectivity index (χ3n) is 5.74. The minimum atomic E-state index is -0.387. The molecule has 0 aromatic heterocycles. The quantitative estimate of drug-likeness (QED) is 0.230. The number of benzene rings is 3. The SMILES string of the molecule is COc1cc(/C=C2\SC(=S)N(c3ccc(C)cc3C)C2=O)cc(Cl)c1OCC(=O)Nc1ccc(C)c(Cl)c1. The summed E-state index contributed by atoms with van der Waals surface area (Å²) >= 11 is 19.3. The molecule has 0 saturated carbocycles. The van der Waals surface area contributed by atoms with E-state index >= 15 is 0 Å². The Morgan fingerprint density at radius 3 is 2.50 bits per heavy atom. The second kappa shape index (κ2) is 11.8. The summed E-state index contributed by atoms with van der Waals surface area (Å²) in [7, 11) is 1.47. The Morgan fingerprint density at radius 1 is 1.05 bits per heavy atom. The molecule has 4 rings (SSSR count). The summed E-state index contributed by atoms with van der Waals surface area (Å²) in [5.74, 6) is -0.0662. The molecule has 0 bridgehead atoms. The average molecular weight is 588 g/mol. The lowest BCUT2D eigenvalue weighted by Crippen LogP contribution is -2.28. The van der Waals surface area contributed by atoms with E-state index in [0.29, 0.717) is 31.2 Å². The Hall–Kier alpha value is -3.04. The number of carbonyl (C=O) groups is 2. The highest BCUT2D eigenvalue weighted by atomic mass is 35.5. The van der Waals surface area contributed by atoms with Crippen LogP contribution in [0, 0.1) is 20.8 Å². The van der Waals surface area contributed by atoms with Crippen molar-refractivity contribution in [3.05, 3.63) is 85.7 Å². The van der Waals surface area contributed by atoms with Gasteiger partial charge in [-0.3, -0.25) is 14.5 Å². The van der Waals surface area contributed by atoms with Crippen LogP contribution in [0.5, 0.6) is 11.5 Å². The van der Waals surface area contributed by atoms with Gasteiger partial charge in [-0.15, -0.1) is 0 Å². The smallest absolute Gasteiger partial charge is 0.270 e. The first-order valence-corrected chi connectivity index (χ1v) is 13.5. The van der Waals surface area contributed by atoms with E-state index in [1.54, 1.807) is 30.3 Å². The molecule has 0 radical (unpaired) electrons. The van der Waals surface area contributed by atoms with Gasteiger partial charge in [-0.25, -0.2) is 0 Å². The van der Waals surface area contributed by atoms with Crippen molar-refractivity contribution in [2.24, 2.45) is 0 Å². The number of nitrogens with zero attached hydrogens (tertiary/aromatic N) is 1. The Labute approximate surface area is 240 Å². The molecular weight excluding hydrogens is 563 g/mol. The number of carbonyl (C=O) groups excluding carboxylic acids is 2. The lowest BCUT2D eigenvalue weighted by Gasteiger charge is -2.17. The first-order valence-electron chi connectivity index (χ1n) is 11.5. The van der Waals surface area contributed by atoms with E-state index in [2.05, 4.69) is 5.32 Å². The van der Waals surface area contributed by atoms with Gasteiger partial charge in [-0.05, 0) is 73.9 Å². The summed E-state index contributed by atoms with van der Waals surface area (Å²) in [5.41, 5.74) is 4.91. The van der Waals surface area contributed by atoms with Crippen LogP contribution in [0.3, 0.4) is 0 Å². The minimum absolute atomic E-state index is 0.213. The van der Waals surface area contributed by atoms with E-state index in [1.807, 2.05) is 45.0 Å². The van der Waals surface area contributed by atoms with Gasteiger partial charge in [-0.2, -0.15) is 0 Å². The predicted molar refractivity (Wildman–Crippen MR) is 160 cm³/mol. The molecule has 1 fully saturated rings. The largest absolute Gasteiger partial charge is 0.493 e. The highest BCUT2D eigenvalue weighted by molar-refractivity contribution is 8.27. The third-order valence-corrected chi connectivity index (χ3v) is 7.73. The molecule has 1 saturated heterocycles. The molecular formula is C28H24Cl2N2O4S2. The number of thioether (sulfide) groups is 1. The Kier molecular flexibility index (Phi) is 8.67. The molecule has 6 nitrogen and oxygen atoms in total. The molecule has 0 unspecified atom stereocenters. The first-order chi connectivity index (χ1) is 18.1. The van der Waals surface area contributed by atoms with Gasteiger partial charge in [0.15, 0.2) is 22.4 Å². The van der Waals surface area contributed by atoms with Gasteiger partial charge in [0.2, 0.25) is 0 Å². The summed E-state index contributed by atoms with van der Waals surface area (Å²) in [6, 6.07) is 14.4. The van der Waals surface area contributed by atoms with Crippen molar-refractivity contribution in [1.82, 2.24) is 0 Å². The van der Waals surface area contributed by atoms with Crippen LogP contribution < -0.4 is 19.7 Å². The second-order valence-corrected chi connectivity index (χ2v) is 11.1. The van der Waals surface area contributed by atoms with Crippen LogP contribution in [0.15, 0.2) is 53.4 Å². The van der Waals surface area contributed by atoms with E-state index < -0.39 is 0 Å². The maximum Gasteiger partial charge on any atom is 0.270 e. The number of anilines is 2. The van der Waals surface area contributed by atoms with Gasteiger partial charge in [-0.1, -0.05) is 70.9 Å². The molecule has 3 aromatic rings. The van der Waals surface area contributed by atoms with E-state index in [0.717, 1.165) is 22.4 Å². The van der Waals surface area contributed by atoms with Gasteiger partial charge in [0.05, 0.1) is 22.7 Å². The fourth-order valence-electron chi connectivity index (χ4n) is 3.85. The standard InChI is InChI=1S/C28H24Cl2N2O4S2/c1-15-5-8-22(17(3)9-15)32-27(34)24(38-28(32)37)12-18-10-21(30)26(23(11-18)35-4)36-14-25(33)31-19-7-6-16(2)20(29)13-19/h5-13H,14H2,1-4H3,(H,31,33)/b24-12-. The average Bonchev–Trinajstić information content (AvgIpc) is 3.13. The van der Waals surface area contributed by atoms with E-state index in [9.17, 15) is 9.59 Å². The van der Waals surface area contributed by atoms with Gasteiger partial charge >= 0.3 is 0 Å². The fourth-order valence-corrected chi connectivity index (χ4v) is 5.59. The molecule has 2 amide bonds. The zero-order chi connectivity index (χ0) is 27.6. The Balaban J connectivity index is 1.51. The number of halogens is 2. The Morgan fingerprint density at radius 2 is 1.82 bits per heavy atom. The third kappa shape index (κ3) is 6.15. The number of amides is 2. The van der Waals surface area contributed by atoms with Crippen LogP contribution in [0.25, 0.3) is 6.08 Å². The van der Waals surface area contributed by atoms with Crippen LogP contribution in [0.4, 0.5) is 11.4 Å². The molecule has 10 heteroatoms. The van der Waals surface area contributed by atoms with Crippen molar-refractivity contribution in [3.63, 3.8) is 0 Å². The highest BCUT2D eigenvalue weighted by Crippen LogP contribution is 2.40. The maximum atomic E-state index is 13.2. The summed E-state index contributed by atoms with van der Waals surface area (Å²) < 4.78 is 11.6. The number of nitrogens with one attached hydrogen (secondary N) is 1. The van der Waals surface area contributed by atoms with Crippen molar-refractivity contribution in [2.45, 2.75) is 20.8 Å². The molecule has 0 spiro atoms. The van der Waals surface area contributed by atoms with Crippen LogP contribution >= 0.6 is 47.2 Å². The lowest BCUT2D eigenvalue weighted by atomic mass is 10.1. The number of methoxy groups -OCH3 is 1. The maximum absolute atomic E-state index is 13.2. The number of hydrogen-bond donors (Lipinski definition) is 1. The topological polar surface area (TPSA) is 67.9 Å². The number of aryl methyl sites for hydroxylation is 3. The molecule has 1 aliphatic heterocycles. The van der Waals surface area contributed by atoms with E-state index in [-0.39, 0.29) is 29.2 Å². The summed E-state index contributed by atoms with van der Waals surface area (Å²) in [4.78, 5) is 27.7. The molecule has 0 aliphatic carbocycles. The van der Waals surface area contributed by atoms with Gasteiger partial charge in [0.25, 0.3) is 11.8 Å². The molecule has 1 aliphatic rings. The zero-order valence-corrected chi connectivity index (χ0v) is 24.2. The van der Waals surface area contributed by atoms with Gasteiger partial charge < -0.3 is 14.8 Å². The van der Waals surface area contributed by atoms with Crippen LogP contribution in [0.2, 0.25) is 10.0 Å². The first kappa shape index (κ1) is 28.0. The summed E-state index contributed by atoms with van der Waals surface area (Å²) in [6.07, 6.45) is 1.70. The summed E-state index contributed by atoms with van der Waals surface area (Å²) in [6.45, 7) is 5.53. The van der Waals surface area contributed by atoms with E-state index in [1.165, 1.54) is 23.8 Å². The van der Waals surface area contributed by atoms with Crippen LogP contribution in [0.1, 0.15) is 22.3 Å². The number of thiocarbonyl (C=S) groups is 1. The van der Waals surface area contributed by atoms with Crippen LogP contribution in [-0.4, -0.2) is 29.9 Å². The zero-order valence-electron chi connectivity index (χ0n) is 21.1. The minimum Gasteiger partial charge on any atom is -0.493 e. The number of ether oxygens (including phenoxy) is 2. The van der Waals surface area contributed by atoms with Crippen molar-refractivity contribution >= 4 is 80.8 Å². The monoisotopic (exact) mass is 586 g/mol. The van der Waals surface area contributed by atoms with Gasteiger partial charge in [0.1, 0.15) is 0 Å². The van der Waals surface area contributed by atoms with Crippen molar-refractivity contribution in [3.8, 4) is 11.5 Å². The molecule has 38 heavy (non-hydrogen) atoms. The van der Waals surface area contributed by atoms with Crippen molar-refractivity contribution in [1.29, 1.82) is 0 Å². The lowest BCUT2D eigenvalue weighted by molar-refractivity contribution is -0.118.